The molecule has 3 rings (SSSR count). The first kappa shape index (κ1) is 20.9. The standard InChI is InChI=1S/C20H24N2O4.ClH/c1-24-17-8-16(20(23)22-12-15-10-21-11-15)9-18(25-2)19(17)26-13-14-6-4-3-5-7-14;/h3-9,15,21H,10-13H2,1-2H3,(H,22,23);1H. The largest absolute Gasteiger partial charge is 0.493 e. The summed E-state index contributed by atoms with van der Waals surface area (Å²) >= 11 is 0. The molecule has 0 aliphatic carbocycles. The normalized spacial score (nSPS) is 13.1. The smallest absolute Gasteiger partial charge is 0.251 e. The van der Waals surface area contributed by atoms with Gasteiger partial charge in [0.05, 0.1) is 14.2 Å². The second kappa shape index (κ2) is 10.0. The van der Waals surface area contributed by atoms with E-state index in [2.05, 4.69) is 10.6 Å². The summed E-state index contributed by atoms with van der Waals surface area (Å²) in [5, 5.41) is 6.14. The van der Waals surface area contributed by atoms with E-state index in [1.54, 1.807) is 26.4 Å². The van der Waals surface area contributed by atoms with E-state index in [1.807, 2.05) is 30.3 Å². The van der Waals surface area contributed by atoms with Crippen LogP contribution in [0.4, 0.5) is 0 Å². The van der Waals surface area contributed by atoms with Crippen LogP contribution in [0.1, 0.15) is 15.9 Å². The van der Waals surface area contributed by atoms with Crippen molar-refractivity contribution in [3.05, 3.63) is 53.6 Å². The molecule has 1 fully saturated rings. The van der Waals surface area contributed by atoms with Crippen LogP contribution in [-0.2, 0) is 6.61 Å². The van der Waals surface area contributed by atoms with E-state index in [4.69, 9.17) is 14.2 Å². The predicted molar refractivity (Wildman–Crippen MR) is 106 cm³/mol. The fourth-order valence-electron chi connectivity index (χ4n) is 2.71. The van der Waals surface area contributed by atoms with Gasteiger partial charge in [-0.1, -0.05) is 30.3 Å². The molecule has 0 unspecified atom stereocenters. The summed E-state index contributed by atoms with van der Waals surface area (Å²) < 4.78 is 16.8. The van der Waals surface area contributed by atoms with Crippen molar-refractivity contribution in [2.45, 2.75) is 6.61 Å². The second-order valence-electron chi connectivity index (χ2n) is 6.22. The zero-order chi connectivity index (χ0) is 18.4. The van der Waals surface area contributed by atoms with Crippen molar-refractivity contribution in [1.82, 2.24) is 10.6 Å². The molecule has 1 amide bonds. The van der Waals surface area contributed by atoms with Gasteiger partial charge in [0.25, 0.3) is 5.91 Å². The minimum absolute atomic E-state index is 0. The summed E-state index contributed by atoms with van der Waals surface area (Å²) in [4.78, 5) is 12.4. The molecule has 0 bridgehead atoms. The molecule has 0 spiro atoms. The zero-order valence-electron chi connectivity index (χ0n) is 15.5. The van der Waals surface area contributed by atoms with E-state index in [0.29, 0.717) is 41.9 Å². The Hall–Kier alpha value is -2.44. The lowest BCUT2D eigenvalue weighted by Gasteiger charge is -2.27. The number of nitrogens with one attached hydrogen (secondary N) is 2. The van der Waals surface area contributed by atoms with E-state index < -0.39 is 0 Å². The third kappa shape index (κ3) is 5.28. The van der Waals surface area contributed by atoms with Crippen LogP contribution in [0, 0.1) is 5.92 Å². The first-order valence-electron chi connectivity index (χ1n) is 8.63. The first-order valence-corrected chi connectivity index (χ1v) is 8.63. The molecule has 1 aliphatic heterocycles. The second-order valence-corrected chi connectivity index (χ2v) is 6.22. The van der Waals surface area contributed by atoms with Crippen LogP contribution in [0.15, 0.2) is 42.5 Å². The van der Waals surface area contributed by atoms with E-state index in [-0.39, 0.29) is 18.3 Å². The van der Waals surface area contributed by atoms with Crippen molar-refractivity contribution in [2.75, 3.05) is 33.9 Å². The molecule has 1 saturated heterocycles. The molecule has 1 aliphatic rings. The number of amides is 1. The predicted octanol–water partition coefficient (Wildman–Crippen LogP) is 2.65. The number of carbonyl (C=O) groups excluding carboxylic acids is 1. The lowest BCUT2D eigenvalue weighted by atomic mass is 10.0. The van der Waals surface area contributed by atoms with E-state index in [0.717, 1.165) is 18.7 Å². The van der Waals surface area contributed by atoms with Gasteiger partial charge >= 0.3 is 0 Å². The maximum atomic E-state index is 12.4. The number of halogens is 1. The molecular weight excluding hydrogens is 368 g/mol. The highest BCUT2D eigenvalue weighted by molar-refractivity contribution is 5.95. The Morgan fingerprint density at radius 1 is 1.11 bits per heavy atom. The summed E-state index contributed by atoms with van der Waals surface area (Å²) in [5.41, 5.74) is 1.52. The van der Waals surface area contributed by atoms with Crippen LogP contribution in [0.25, 0.3) is 0 Å². The minimum atomic E-state index is -0.150. The Bertz CT molecular complexity index is 726. The molecule has 0 atom stereocenters. The Labute approximate surface area is 165 Å². The van der Waals surface area contributed by atoms with Crippen molar-refractivity contribution in [1.29, 1.82) is 0 Å². The minimum Gasteiger partial charge on any atom is -0.493 e. The van der Waals surface area contributed by atoms with E-state index in [9.17, 15) is 4.79 Å². The van der Waals surface area contributed by atoms with Crippen LogP contribution < -0.4 is 24.8 Å². The number of benzene rings is 2. The molecule has 0 aromatic heterocycles. The van der Waals surface area contributed by atoms with Crippen LogP contribution in [0.5, 0.6) is 17.2 Å². The van der Waals surface area contributed by atoms with Gasteiger partial charge in [-0.15, -0.1) is 12.4 Å². The van der Waals surface area contributed by atoms with Gasteiger partial charge < -0.3 is 24.8 Å². The lowest BCUT2D eigenvalue weighted by Crippen LogP contribution is -2.48. The summed E-state index contributed by atoms with van der Waals surface area (Å²) in [6.45, 7) is 2.93. The van der Waals surface area contributed by atoms with Gasteiger partial charge in [0.2, 0.25) is 5.75 Å². The van der Waals surface area contributed by atoms with Gasteiger partial charge in [-0.2, -0.15) is 0 Å². The number of methoxy groups -OCH3 is 2. The van der Waals surface area contributed by atoms with Crippen LogP contribution >= 0.6 is 12.4 Å². The summed E-state index contributed by atoms with van der Waals surface area (Å²) in [5.74, 6) is 1.77. The van der Waals surface area contributed by atoms with Gasteiger partial charge in [0.1, 0.15) is 6.61 Å². The quantitative estimate of drug-likeness (QED) is 0.722. The lowest BCUT2D eigenvalue weighted by molar-refractivity contribution is 0.0941. The van der Waals surface area contributed by atoms with Gasteiger partial charge in [-0.3, -0.25) is 4.79 Å². The molecule has 2 N–H and O–H groups in total. The number of hydrogen-bond donors (Lipinski definition) is 2. The average Bonchev–Trinajstić information content (AvgIpc) is 2.65. The summed E-state index contributed by atoms with van der Waals surface area (Å²) in [6, 6.07) is 13.2. The maximum Gasteiger partial charge on any atom is 0.251 e. The van der Waals surface area contributed by atoms with Gasteiger partial charge in [-0.05, 0) is 17.7 Å². The van der Waals surface area contributed by atoms with Gasteiger partial charge in [0.15, 0.2) is 11.5 Å². The molecule has 0 saturated carbocycles. The van der Waals surface area contributed by atoms with E-state index in [1.165, 1.54) is 0 Å². The molecule has 2 aromatic rings. The fraction of sp³-hybridized carbons (Fsp3) is 0.350. The molecule has 27 heavy (non-hydrogen) atoms. The third-order valence-electron chi connectivity index (χ3n) is 4.37. The topological polar surface area (TPSA) is 68.8 Å². The number of hydrogen-bond acceptors (Lipinski definition) is 5. The Morgan fingerprint density at radius 3 is 2.26 bits per heavy atom. The highest BCUT2D eigenvalue weighted by Crippen LogP contribution is 2.39. The Morgan fingerprint density at radius 2 is 1.74 bits per heavy atom. The van der Waals surface area contributed by atoms with Crippen molar-refractivity contribution in [3.63, 3.8) is 0 Å². The molecular formula is C20H25ClN2O4. The molecule has 6 nitrogen and oxygen atoms in total. The highest BCUT2D eigenvalue weighted by Gasteiger charge is 2.20. The van der Waals surface area contributed by atoms with Crippen molar-refractivity contribution in [2.24, 2.45) is 5.92 Å². The van der Waals surface area contributed by atoms with Gasteiger partial charge in [0, 0.05) is 31.1 Å². The fourth-order valence-corrected chi connectivity index (χ4v) is 2.71. The van der Waals surface area contributed by atoms with E-state index >= 15 is 0 Å². The van der Waals surface area contributed by atoms with Crippen LogP contribution in [0.3, 0.4) is 0 Å². The zero-order valence-corrected chi connectivity index (χ0v) is 16.3. The summed E-state index contributed by atoms with van der Waals surface area (Å²) in [7, 11) is 3.09. The maximum absolute atomic E-state index is 12.4. The number of rotatable bonds is 8. The van der Waals surface area contributed by atoms with Crippen molar-refractivity contribution in [3.8, 4) is 17.2 Å². The highest BCUT2D eigenvalue weighted by atomic mass is 35.5. The first-order chi connectivity index (χ1) is 12.7. The van der Waals surface area contributed by atoms with Crippen molar-refractivity contribution < 1.29 is 19.0 Å². The van der Waals surface area contributed by atoms with Crippen LogP contribution in [-0.4, -0.2) is 39.8 Å². The SMILES string of the molecule is COc1cc(C(=O)NCC2CNC2)cc(OC)c1OCc1ccccc1.Cl. The van der Waals surface area contributed by atoms with Gasteiger partial charge in [-0.25, -0.2) is 0 Å². The van der Waals surface area contributed by atoms with Crippen LogP contribution in [0.2, 0.25) is 0 Å². The molecule has 7 heteroatoms. The molecule has 2 aromatic carbocycles. The third-order valence-corrected chi connectivity index (χ3v) is 4.37. The molecule has 0 radical (unpaired) electrons. The number of carbonyl (C=O) groups is 1. The molecule has 1 heterocycles. The Kier molecular flexibility index (Phi) is 7.76. The Balaban J connectivity index is 0.00000261. The number of ether oxygens (including phenoxy) is 3. The average molecular weight is 393 g/mol. The van der Waals surface area contributed by atoms with Crippen molar-refractivity contribution >= 4 is 18.3 Å². The summed E-state index contributed by atoms with van der Waals surface area (Å²) in [6.07, 6.45) is 0. The monoisotopic (exact) mass is 392 g/mol. The molecule has 146 valence electrons.